The van der Waals surface area contributed by atoms with Gasteiger partial charge in [-0.1, -0.05) is 0 Å². The highest BCUT2D eigenvalue weighted by molar-refractivity contribution is 9.10. The molecule has 2 rings (SSSR count). The number of hydrogen-bond donors (Lipinski definition) is 0. The Labute approximate surface area is 93.6 Å². The molecule has 0 aliphatic carbocycles. The molecule has 0 saturated heterocycles. The lowest BCUT2D eigenvalue weighted by Gasteiger charge is -2.01. The third-order valence-electron chi connectivity index (χ3n) is 1.90. The van der Waals surface area contributed by atoms with E-state index in [1.54, 1.807) is 35.3 Å². The molecule has 0 saturated carbocycles. The Bertz CT molecular complexity index is 496. The van der Waals surface area contributed by atoms with E-state index in [1.807, 2.05) is 0 Å². The van der Waals surface area contributed by atoms with E-state index >= 15 is 0 Å². The molecular weight excluding hydrogens is 262 g/mol. The van der Waals surface area contributed by atoms with E-state index in [1.165, 1.54) is 6.07 Å². The van der Waals surface area contributed by atoms with Gasteiger partial charge in [-0.2, -0.15) is 5.10 Å². The number of nitro benzene ring substituents is 1. The minimum atomic E-state index is -0.434. The molecule has 0 spiro atoms. The number of benzene rings is 1. The Hall–Kier alpha value is -1.69. The van der Waals surface area contributed by atoms with Crippen LogP contribution in [-0.2, 0) is 0 Å². The minimum absolute atomic E-state index is 0.0471. The molecule has 1 heterocycles. The van der Waals surface area contributed by atoms with Gasteiger partial charge in [0.05, 0.1) is 15.1 Å². The van der Waals surface area contributed by atoms with Gasteiger partial charge in [-0.15, -0.1) is 0 Å². The molecule has 0 atom stereocenters. The average Bonchev–Trinajstić information content (AvgIpc) is 2.69. The van der Waals surface area contributed by atoms with Crippen LogP contribution in [0.5, 0.6) is 0 Å². The van der Waals surface area contributed by atoms with Gasteiger partial charge >= 0.3 is 0 Å². The Morgan fingerprint density at radius 2 is 2.27 bits per heavy atom. The van der Waals surface area contributed by atoms with Crippen LogP contribution in [-0.4, -0.2) is 14.7 Å². The number of nitrogens with zero attached hydrogens (tertiary/aromatic N) is 3. The zero-order valence-corrected chi connectivity index (χ0v) is 9.09. The Kier molecular flexibility index (Phi) is 2.51. The number of nitro groups is 1. The number of halogens is 1. The van der Waals surface area contributed by atoms with E-state index in [-0.39, 0.29) is 5.69 Å². The fourth-order valence-corrected chi connectivity index (χ4v) is 1.72. The summed E-state index contributed by atoms with van der Waals surface area (Å²) in [7, 11) is 0. The first-order valence-corrected chi connectivity index (χ1v) is 4.92. The lowest BCUT2D eigenvalue weighted by molar-refractivity contribution is -0.385. The zero-order valence-electron chi connectivity index (χ0n) is 7.50. The van der Waals surface area contributed by atoms with Crippen LogP contribution in [0.25, 0.3) is 5.69 Å². The monoisotopic (exact) mass is 267 g/mol. The van der Waals surface area contributed by atoms with Crippen molar-refractivity contribution in [3.63, 3.8) is 0 Å². The molecule has 5 nitrogen and oxygen atoms in total. The molecule has 0 fully saturated rings. The molecule has 1 aromatic carbocycles. The van der Waals surface area contributed by atoms with Crippen molar-refractivity contribution in [3.05, 3.63) is 51.2 Å². The lowest BCUT2D eigenvalue weighted by Crippen LogP contribution is -1.96. The van der Waals surface area contributed by atoms with Gasteiger partial charge in [0.15, 0.2) is 0 Å². The van der Waals surface area contributed by atoms with Gasteiger partial charge in [0.2, 0.25) is 0 Å². The molecule has 0 aliphatic rings. The van der Waals surface area contributed by atoms with Crippen LogP contribution in [0, 0.1) is 10.1 Å². The molecule has 76 valence electrons. The van der Waals surface area contributed by atoms with E-state index in [0.29, 0.717) is 4.47 Å². The van der Waals surface area contributed by atoms with Crippen LogP contribution in [0.4, 0.5) is 5.69 Å². The maximum atomic E-state index is 10.6. The fraction of sp³-hybridized carbons (Fsp3) is 0. The molecule has 0 unspecified atom stereocenters. The third kappa shape index (κ3) is 1.89. The molecule has 6 heteroatoms. The summed E-state index contributed by atoms with van der Waals surface area (Å²) in [6.07, 6.45) is 3.42. The average molecular weight is 268 g/mol. The Morgan fingerprint density at radius 1 is 1.47 bits per heavy atom. The summed E-state index contributed by atoms with van der Waals surface area (Å²) < 4.78 is 2.08. The molecule has 0 aliphatic heterocycles. The summed E-state index contributed by atoms with van der Waals surface area (Å²) in [6, 6.07) is 6.54. The van der Waals surface area contributed by atoms with Gasteiger partial charge in [0.1, 0.15) is 0 Å². The quantitative estimate of drug-likeness (QED) is 0.621. The second-order valence-electron chi connectivity index (χ2n) is 2.84. The maximum Gasteiger partial charge on any atom is 0.283 e. The summed E-state index contributed by atoms with van der Waals surface area (Å²) in [5.41, 5.74) is 0.823. The van der Waals surface area contributed by atoms with Crippen molar-refractivity contribution in [2.75, 3.05) is 0 Å². The Balaban J connectivity index is 2.47. The molecule has 0 N–H and O–H groups in total. The molecule has 0 radical (unpaired) electrons. The van der Waals surface area contributed by atoms with E-state index in [2.05, 4.69) is 21.0 Å². The predicted molar refractivity (Wildman–Crippen MR) is 57.9 cm³/mol. The van der Waals surface area contributed by atoms with Crippen molar-refractivity contribution in [2.45, 2.75) is 0 Å². The first-order chi connectivity index (χ1) is 7.18. The summed E-state index contributed by atoms with van der Waals surface area (Å²) in [5.74, 6) is 0. The van der Waals surface area contributed by atoms with Gasteiger partial charge in [-0.3, -0.25) is 10.1 Å². The maximum absolute atomic E-state index is 10.6. The van der Waals surface area contributed by atoms with Crippen LogP contribution < -0.4 is 0 Å². The second-order valence-corrected chi connectivity index (χ2v) is 3.70. The largest absolute Gasteiger partial charge is 0.283 e. The van der Waals surface area contributed by atoms with E-state index in [9.17, 15) is 10.1 Å². The molecular formula is C9H6BrN3O2. The number of aromatic nitrogens is 2. The zero-order chi connectivity index (χ0) is 10.8. The molecule has 0 amide bonds. The van der Waals surface area contributed by atoms with Crippen LogP contribution in [0.15, 0.2) is 41.1 Å². The van der Waals surface area contributed by atoms with Crippen molar-refractivity contribution >= 4 is 21.6 Å². The Morgan fingerprint density at radius 3 is 2.80 bits per heavy atom. The summed E-state index contributed by atoms with van der Waals surface area (Å²) in [4.78, 5) is 10.1. The van der Waals surface area contributed by atoms with Gasteiger partial charge in [0, 0.05) is 18.5 Å². The number of rotatable bonds is 2. The summed E-state index contributed by atoms with van der Waals surface area (Å²) >= 11 is 3.15. The van der Waals surface area contributed by atoms with E-state index < -0.39 is 4.92 Å². The SMILES string of the molecule is O=[N+]([O-])c1ccc(-n2cccn2)cc1Br. The third-order valence-corrected chi connectivity index (χ3v) is 2.53. The normalized spacial score (nSPS) is 10.2. The fourth-order valence-electron chi connectivity index (χ4n) is 1.21. The highest BCUT2D eigenvalue weighted by atomic mass is 79.9. The molecule has 15 heavy (non-hydrogen) atoms. The topological polar surface area (TPSA) is 61.0 Å². The highest BCUT2D eigenvalue weighted by Gasteiger charge is 2.11. The van der Waals surface area contributed by atoms with E-state index in [0.717, 1.165) is 5.69 Å². The minimum Gasteiger partial charge on any atom is -0.258 e. The molecule has 1 aromatic heterocycles. The van der Waals surface area contributed by atoms with Gasteiger partial charge in [0.25, 0.3) is 5.69 Å². The number of hydrogen-bond acceptors (Lipinski definition) is 3. The van der Waals surface area contributed by atoms with Crippen molar-refractivity contribution < 1.29 is 4.92 Å². The predicted octanol–water partition coefficient (Wildman–Crippen LogP) is 2.54. The van der Waals surface area contributed by atoms with Crippen LogP contribution >= 0.6 is 15.9 Å². The summed E-state index contributed by atoms with van der Waals surface area (Å²) in [6.45, 7) is 0. The lowest BCUT2D eigenvalue weighted by atomic mass is 10.3. The van der Waals surface area contributed by atoms with Crippen molar-refractivity contribution in [3.8, 4) is 5.69 Å². The van der Waals surface area contributed by atoms with Gasteiger partial charge < -0.3 is 0 Å². The molecule has 2 aromatic rings. The van der Waals surface area contributed by atoms with Crippen molar-refractivity contribution in [2.24, 2.45) is 0 Å². The highest BCUT2D eigenvalue weighted by Crippen LogP contribution is 2.26. The van der Waals surface area contributed by atoms with Crippen molar-refractivity contribution in [1.29, 1.82) is 0 Å². The first-order valence-electron chi connectivity index (χ1n) is 4.12. The summed E-state index contributed by atoms with van der Waals surface area (Å²) in [5, 5.41) is 14.6. The molecule has 0 bridgehead atoms. The standard InChI is InChI=1S/C9H6BrN3O2/c10-8-6-7(12-5-1-4-11-12)2-3-9(8)13(14)15/h1-6H. The van der Waals surface area contributed by atoms with Gasteiger partial charge in [-0.25, -0.2) is 4.68 Å². The van der Waals surface area contributed by atoms with Crippen LogP contribution in [0.1, 0.15) is 0 Å². The van der Waals surface area contributed by atoms with Crippen LogP contribution in [0.2, 0.25) is 0 Å². The smallest absolute Gasteiger partial charge is 0.258 e. The van der Waals surface area contributed by atoms with Crippen LogP contribution in [0.3, 0.4) is 0 Å². The first kappa shape index (κ1) is 9.85. The van der Waals surface area contributed by atoms with Gasteiger partial charge in [-0.05, 0) is 34.1 Å². The second kappa shape index (κ2) is 3.82. The van der Waals surface area contributed by atoms with E-state index in [4.69, 9.17) is 0 Å². The van der Waals surface area contributed by atoms with Crippen molar-refractivity contribution in [1.82, 2.24) is 9.78 Å².